The van der Waals surface area contributed by atoms with Gasteiger partial charge in [-0.05, 0) is 77.7 Å². The zero-order valence-corrected chi connectivity index (χ0v) is 35.5. The van der Waals surface area contributed by atoms with Crippen molar-refractivity contribution >= 4 is 125 Å². The maximum atomic E-state index is 12.7. The summed E-state index contributed by atoms with van der Waals surface area (Å²) >= 11 is 6.10. The molecule has 0 bridgehead atoms. The van der Waals surface area contributed by atoms with Crippen LogP contribution in [-0.2, 0) is 64.4 Å². The van der Waals surface area contributed by atoms with Crippen molar-refractivity contribution in [1.29, 1.82) is 0 Å². The molecule has 4 aromatic carbocycles. The SMILES string of the molecule is O=C(O)/C=C/C(=O)Nc1cc(Nc2nc(Cl)nc(Nc3cccc(S(=O)(=O)CCOS(=O)(=O)O)c3)n2)ccc1N=Nc1cc2c(S(=O)(=O)O)cc(S(=O)(=O)O)cc2cc1S(=O)(=O)O. The molecule has 1 heterocycles. The third-order valence-corrected chi connectivity index (χ3v) is 12.5. The number of fused-ring (bicyclic) bond motifs is 1. The van der Waals surface area contributed by atoms with Crippen molar-refractivity contribution in [2.75, 3.05) is 28.3 Å². The first-order valence-corrected chi connectivity index (χ1v) is 24.0. The molecule has 0 atom stereocenters. The van der Waals surface area contributed by atoms with Gasteiger partial charge in [0.05, 0.1) is 27.8 Å². The minimum Gasteiger partial charge on any atom is -0.478 e. The van der Waals surface area contributed by atoms with Gasteiger partial charge >= 0.3 is 16.4 Å². The largest absolute Gasteiger partial charge is 0.478 e. The molecule has 0 spiro atoms. The van der Waals surface area contributed by atoms with E-state index in [1.807, 2.05) is 0 Å². The summed E-state index contributed by atoms with van der Waals surface area (Å²) in [5.41, 5.74) is -1.26. The Hall–Kier alpha value is -6.13. The number of hydrogen-bond acceptors (Lipinski definition) is 20. The number of carboxylic acids is 1. The zero-order valence-electron chi connectivity index (χ0n) is 30.6. The van der Waals surface area contributed by atoms with Crippen LogP contribution in [0.25, 0.3) is 10.8 Å². The number of anilines is 5. The normalized spacial score (nSPS) is 12.8. The van der Waals surface area contributed by atoms with Gasteiger partial charge in [-0.25, -0.2) is 17.4 Å². The highest BCUT2D eigenvalue weighted by molar-refractivity contribution is 7.91. The molecule has 26 nitrogen and oxygen atoms in total. The average Bonchev–Trinajstić information content (AvgIpc) is 3.14. The summed E-state index contributed by atoms with van der Waals surface area (Å²) in [7, 11) is -24.7. The minimum absolute atomic E-state index is 0.0386. The van der Waals surface area contributed by atoms with E-state index in [1.165, 1.54) is 24.3 Å². The third-order valence-electron chi connectivity index (χ3n) is 7.62. The molecular weight excluding hydrogens is 968 g/mol. The van der Waals surface area contributed by atoms with E-state index in [9.17, 15) is 65.3 Å². The Morgan fingerprint density at radius 3 is 1.89 bits per heavy atom. The Morgan fingerprint density at radius 2 is 1.30 bits per heavy atom. The summed E-state index contributed by atoms with van der Waals surface area (Å²) in [6.07, 6.45) is 1.09. The van der Waals surface area contributed by atoms with E-state index in [0.29, 0.717) is 36.4 Å². The second-order valence-corrected chi connectivity index (χ2v) is 19.8. The number of aliphatic carboxylic acids is 1. The van der Waals surface area contributed by atoms with Gasteiger partial charge in [0.15, 0.2) is 9.84 Å². The van der Waals surface area contributed by atoms with Crippen molar-refractivity contribution in [2.45, 2.75) is 19.6 Å². The maximum absolute atomic E-state index is 12.7. The highest BCUT2D eigenvalue weighted by atomic mass is 35.5. The van der Waals surface area contributed by atoms with Gasteiger partial charge < -0.3 is 21.1 Å². The summed E-state index contributed by atoms with van der Waals surface area (Å²) < 4.78 is 162. The van der Waals surface area contributed by atoms with Crippen LogP contribution in [-0.4, -0.2) is 105 Å². The van der Waals surface area contributed by atoms with Gasteiger partial charge in [0.2, 0.25) is 23.1 Å². The number of rotatable bonds is 17. The van der Waals surface area contributed by atoms with Crippen LogP contribution >= 0.6 is 11.6 Å². The topological polar surface area (TPSA) is 415 Å². The molecule has 334 valence electrons. The molecule has 0 aliphatic rings. The number of nitrogens with one attached hydrogen (secondary N) is 3. The number of aromatic nitrogens is 3. The van der Waals surface area contributed by atoms with Gasteiger partial charge in [0.25, 0.3) is 30.4 Å². The maximum Gasteiger partial charge on any atom is 0.397 e. The molecule has 63 heavy (non-hydrogen) atoms. The molecule has 1 amide bonds. The number of halogens is 1. The van der Waals surface area contributed by atoms with E-state index in [1.54, 1.807) is 0 Å². The highest BCUT2D eigenvalue weighted by Crippen LogP contribution is 2.37. The molecule has 0 saturated carbocycles. The third kappa shape index (κ3) is 13.2. The average molecular weight is 993 g/mol. The standard InChI is InChI=1S/C31H25ClN8O18S5/c32-29-36-30(33-17-2-1-3-19(12-17)59(44,45)9-8-58-63(55,56)57)38-31(37-29)34-18-4-5-22(23(13-18)35-27(41)6-7-28(42)43)39-40-24-15-21-16(11-26(24)62(52,53)54)10-20(60(46,47)48)14-25(21)61(49,50)51/h1-7,10-15H,8-9H2,(H,35,41)(H,42,43)(H,46,47,48)(H,49,50,51)(H,52,53,54)(H,55,56,57)(H2,33,34,36,37,38)/b7-6+,40-39?. The van der Waals surface area contributed by atoms with Gasteiger partial charge in [0, 0.05) is 28.9 Å². The highest BCUT2D eigenvalue weighted by Gasteiger charge is 2.25. The number of sulfone groups is 1. The lowest BCUT2D eigenvalue weighted by Crippen LogP contribution is -2.15. The Labute approximate surface area is 359 Å². The van der Waals surface area contributed by atoms with Crippen molar-refractivity contribution in [3.8, 4) is 0 Å². The summed E-state index contributed by atoms with van der Waals surface area (Å²) in [6.45, 7) is -0.879. The Balaban J connectivity index is 1.52. The number of carbonyl (C=O) groups is 2. The van der Waals surface area contributed by atoms with Crippen LogP contribution in [0.15, 0.2) is 109 Å². The zero-order chi connectivity index (χ0) is 46.7. The van der Waals surface area contributed by atoms with Crippen molar-refractivity contribution in [1.82, 2.24) is 15.0 Å². The molecule has 0 radical (unpaired) electrons. The summed E-state index contributed by atoms with van der Waals surface area (Å²) in [5.74, 6) is -3.90. The van der Waals surface area contributed by atoms with Gasteiger partial charge in [-0.15, -0.1) is 10.2 Å². The number of hydrogen-bond donors (Lipinski definition) is 8. The number of nitrogens with zero attached hydrogens (tertiary/aromatic N) is 5. The summed E-state index contributed by atoms with van der Waals surface area (Å²) in [4.78, 5) is 32.1. The lowest BCUT2D eigenvalue weighted by molar-refractivity contribution is -0.131. The molecule has 8 N–H and O–H groups in total. The predicted molar refractivity (Wildman–Crippen MR) is 217 cm³/mol. The second-order valence-electron chi connectivity index (χ2n) is 12.1. The van der Waals surface area contributed by atoms with Crippen molar-refractivity contribution < 1.29 is 79.2 Å². The fourth-order valence-corrected chi connectivity index (χ4v) is 8.73. The number of amides is 1. The van der Waals surface area contributed by atoms with Crippen LogP contribution in [0.2, 0.25) is 5.28 Å². The van der Waals surface area contributed by atoms with Crippen LogP contribution in [0.4, 0.5) is 40.3 Å². The van der Waals surface area contributed by atoms with E-state index in [2.05, 4.69) is 45.3 Å². The Morgan fingerprint density at radius 1 is 0.683 bits per heavy atom. The van der Waals surface area contributed by atoms with Gasteiger partial charge in [-0.1, -0.05) is 6.07 Å². The number of carboxylic acid groups (broad SMARTS) is 1. The van der Waals surface area contributed by atoms with Crippen molar-refractivity contribution in [2.24, 2.45) is 10.2 Å². The van der Waals surface area contributed by atoms with Crippen LogP contribution in [0, 0.1) is 0 Å². The van der Waals surface area contributed by atoms with Crippen LogP contribution < -0.4 is 16.0 Å². The lowest BCUT2D eigenvalue weighted by Gasteiger charge is -2.12. The Kier molecular flexibility index (Phi) is 13.9. The fraction of sp³-hybridized carbons (Fsp3) is 0.0645. The summed E-state index contributed by atoms with van der Waals surface area (Å²) in [5, 5.41) is 22.9. The number of azo groups is 1. The molecule has 0 saturated heterocycles. The van der Waals surface area contributed by atoms with Crippen molar-refractivity contribution in [3.63, 3.8) is 0 Å². The van der Waals surface area contributed by atoms with E-state index >= 15 is 0 Å². The molecule has 1 aromatic heterocycles. The molecular formula is C31H25ClN8O18S5. The predicted octanol–water partition coefficient (Wildman–Crippen LogP) is 3.49. The van der Waals surface area contributed by atoms with E-state index in [-0.39, 0.29) is 39.5 Å². The second kappa shape index (κ2) is 18.3. The minimum atomic E-state index is -5.28. The summed E-state index contributed by atoms with van der Waals surface area (Å²) in [6, 6.07) is 10.9. The molecule has 0 aliphatic heterocycles. The Bertz CT molecular complexity index is 3330. The molecule has 0 fully saturated rings. The molecule has 0 aliphatic carbocycles. The van der Waals surface area contributed by atoms with E-state index in [4.69, 9.17) is 21.3 Å². The molecule has 32 heteroatoms. The molecule has 5 aromatic rings. The van der Waals surface area contributed by atoms with Gasteiger partial charge in [-0.3, -0.25) is 23.0 Å². The number of benzene rings is 4. The first kappa shape index (κ1) is 47.9. The number of carbonyl (C=O) groups excluding carboxylic acids is 1. The van der Waals surface area contributed by atoms with Crippen LogP contribution in [0.3, 0.4) is 0 Å². The van der Waals surface area contributed by atoms with Gasteiger partial charge in [0.1, 0.15) is 21.2 Å². The van der Waals surface area contributed by atoms with Crippen molar-refractivity contribution in [3.05, 3.63) is 84.2 Å². The van der Waals surface area contributed by atoms with Crippen LogP contribution in [0.1, 0.15) is 0 Å². The fourth-order valence-electron chi connectivity index (χ4n) is 5.05. The quantitative estimate of drug-likeness (QED) is 0.0375. The molecule has 0 unspecified atom stereocenters. The van der Waals surface area contributed by atoms with Gasteiger partial charge in [-0.2, -0.15) is 48.6 Å². The molecule has 5 rings (SSSR count). The van der Waals surface area contributed by atoms with E-state index in [0.717, 1.165) is 18.2 Å². The van der Waals surface area contributed by atoms with Crippen LogP contribution in [0.5, 0.6) is 0 Å². The first-order valence-electron chi connectivity index (χ1n) is 16.3. The lowest BCUT2D eigenvalue weighted by atomic mass is 10.1. The smallest absolute Gasteiger partial charge is 0.397 e. The van der Waals surface area contributed by atoms with E-state index < -0.39 is 111 Å². The first-order chi connectivity index (χ1) is 29.1. The monoisotopic (exact) mass is 992 g/mol.